The molecule has 2 rings (SSSR count). The van der Waals surface area contributed by atoms with Crippen LogP contribution in [0.2, 0.25) is 0 Å². The Labute approximate surface area is 261 Å². The van der Waals surface area contributed by atoms with Crippen molar-refractivity contribution in [3.63, 3.8) is 0 Å². The van der Waals surface area contributed by atoms with Crippen molar-refractivity contribution >= 4 is 35.5 Å². The molecule has 2 fully saturated rings. The smallest absolute Gasteiger partial charge is 0.315 e. The van der Waals surface area contributed by atoms with E-state index in [9.17, 15) is 28.8 Å². The normalized spacial score (nSPS) is 20.4. The van der Waals surface area contributed by atoms with Crippen molar-refractivity contribution in [2.75, 3.05) is 13.1 Å². The first-order valence-electron chi connectivity index (χ1n) is 16.0. The van der Waals surface area contributed by atoms with E-state index in [1.165, 1.54) is 0 Å². The molecule has 2 aliphatic rings. The molecule has 0 aromatic rings. The van der Waals surface area contributed by atoms with Crippen LogP contribution < -0.4 is 21.3 Å². The van der Waals surface area contributed by atoms with Crippen LogP contribution in [0.5, 0.6) is 0 Å². The highest BCUT2D eigenvalue weighted by Crippen LogP contribution is 2.34. The van der Waals surface area contributed by atoms with Gasteiger partial charge in [0.25, 0.3) is 5.91 Å². The predicted octanol–water partition coefficient (Wildman–Crippen LogP) is 2.91. The number of amides is 5. The number of likely N-dealkylation sites (tertiary alicyclic amines) is 1. The Kier molecular flexibility index (Phi) is 14.3. The Morgan fingerprint density at radius 2 is 1.66 bits per heavy atom. The fraction of sp³-hybridized carbons (Fsp3) is 0.750. The summed E-state index contributed by atoms with van der Waals surface area (Å²) in [6.07, 6.45) is 7.27. The second kappa shape index (κ2) is 17.2. The molecular formula is C32H53N5O7. The van der Waals surface area contributed by atoms with Crippen LogP contribution >= 0.6 is 0 Å². The Morgan fingerprint density at radius 3 is 2.23 bits per heavy atom. The number of urea groups is 1. The zero-order chi connectivity index (χ0) is 33.0. The fourth-order valence-corrected chi connectivity index (χ4v) is 6.14. The molecule has 4 atom stereocenters. The van der Waals surface area contributed by atoms with E-state index < -0.39 is 53.3 Å². The average Bonchev–Trinajstić information content (AvgIpc) is 3.40. The number of Topliss-reactive ketones (excluding diaryl/α,β-unsaturated/α-hetero) is 1. The van der Waals surface area contributed by atoms with Gasteiger partial charge in [0.05, 0.1) is 6.04 Å². The number of ketones is 1. The highest BCUT2D eigenvalue weighted by Gasteiger charge is 2.47. The summed E-state index contributed by atoms with van der Waals surface area (Å²) >= 11 is 0. The molecule has 1 saturated carbocycles. The molecule has 248 valence electrons. The largest absolute Gasteiger partial charge is 0.481 e. The number of hydrogen-bond acceptors (Lipinski definition) is 6. The van der Waals surface area contributed by atoms with Crippen molar-refractivity contribution in [3.8, 4) is 0 Å². The summed E-state index contributed by atoms with van der Waals surface area (Å²) in [5.41, 5.74) is -0.501. The monoisotopic (exact) mass is 619 g/mol. The van der Waals surface area contributed by atoms with E-state index in [0.29, 0.717) is 19.4 Å². The molecule has 1 unspecified atom stereocenters. The zero-order valence-electron chi connectivity index (χ0n) is 27.1. The number of aliphatic carboxylic acids is 1. The van der Waals surface area contributed by atoms with Crippen LogP contribution in [-0.2, 0) is 24.0 Å². The van der Waals surface area contributed by atoms with Crippen LogP contribution in [0.3, 0.4) is 0 Å². The van der Waals surface area contributed by atoms with E-state index in [1.807, 2.05) is 34.6 Å². The lowest BCUT2D eigenvalue weighted by Gasteiger charge is -2.36. The number of carbonyl (C=O) groups excluding carboxylic acids is 5. The Bertz CT molecular complexity index is 1050. The molecular weight excluding hydrogens is 566 g/mol. The molecule has 12 nitrogen and oxygen atoms in total. The van der Waals surface area contributed by atoms with E-state index in [-0.39, 0.29) is 49.5 Å². The highest BCUT2D eigenvalue weighted by molar-refractivity contribution is 6.38. The van der Waals surface area contributed by atoms with Crippen LogP contribution in [-0.4, -0.2) is 82.3 Å². The quantitative estimate of drug-likeness (QED) is 0.106. The lowest BCUT2D eigenvalue weighted by Crippen LogP contribution is -2.60. The van der Waals surface area contributed by atoms with E-state index in [1.54, 1.807) is 11.0 Å². The molecule has 0 spiro atoms. The number of nitrogens with zero attached hydrogens (tertiary/aromatic N) is 1. The molecule has 0 aromatic carbocycles. The summed E-state index contributed by atoms with van der Waals surface area (Å²) in [5, 5.41) is 19.8. The van der Waals surface area contributed by atoms with Crippen molar-refractivity contribution in [1.29, 1.82) is 0 Å². The lowest BCUT2D eigenvalue weighted by molar-refractivity contribution is -0.144. The molecule has 44 heavy (non-hydrogen) atoms. The number of rotatable bonds is 15. The van der Waals surface area contributed by atoms with Crippen LogP contribution in [0.15, 0.2) is 12.7 Å². The minimum Gasteiger partial charge on any atom is -0.481 e. The van der Waals surface area contributed by atoms with Crippen LogP contribution in [0, 0.1) is 17.8 Å². The third-order valence-corrected chi connectivity index (χ3v) is 8.38. The van der Waals surface area contributed by atoms with E-state index in [2.05, 4.69) is 27.8 Å². The number of carboxylic acids is 1. The first-order chi connectivity index (χ1) is 20.7. The Balaban J connectivity index is 2.29. The van der Waals surface area contributed by atoms with Gasteiger partial charge in [0.2, 0.25) is 17.6 Å². The fourth-order valence-electron chi connectivity index (χ4n) is 6.14. The van der Waals surface area contributed by atoms with Crippen molar-refractivity contribution in [2.45, 2.75) is 122 Å². The summed E-state index contributed by atoms with van der Waals surface area (Å²) in [5.74, 6) is -3.78. The summed E-state index contributed by atoms with van der Waals surface area (Å²) in [4.78, 5) is 79.1. The summed E-state index contributed by atoms with van der Waals surface area (Å²) in [6, 6.07) is -3.26. The van der Waals surface area contributed by atoms with Crippen LogP contribution in [0.1, 0.15) is 98.8 Å². The minimum absolute atomic E-state index is 0.0116. The molecule has 0 bridgehead atoms. The third kappa shape index (κ3) is 11.2. The Morgan fingerprint density at radius 1 is 1.00 bits per heavy atom. The minimum atomic E-state index is -1.14. The van der Waals surface area contributed by atoms with E-state index in [4.69, 9.17) is 5.11 Å². The molecule has 12 heteroatoms. The standard InChI is InChI=1S/C32H53N5O7/c1-7-8-15-23(27(40)29(42)33-18-12-16-24(38)39)34-28(41)26-22(20(2)3)17-19-37(26)30(43)25(21-13-10-9-11-14-21)35-31(44)36-32(4,5)6/h7,20-23,25-26H,1,8-19H2,2-6H3,(H,33,42)(H,34,41)(H,38,39)(H2,35,36,44)/t22-,23?,25+,26+/m1/s1. The van der Waals surface area contributed by atoms with Crippen LogP contribution in [0.4, 0.5) is 4.79 Å². The molecule has 0 radical (unpaired) electrons. The van der Waals surface area contributed by atoms with Gasteiger partial charge >= 0.3 is 12.0 Å². The summed E-state index contributed by atoms with van der Waals surface area (Å²) in [7, 11) is 0. The van der Waals surface area contributed by atoms with Gasteiger partial charge in [0, 0.05) is 25.0 Å². The molecule has 1 aliphatic carbocycles. The third-order valence-electron chi connectivity index (χ3n) is 8.38. The van der Waals surface area contributed by atoms with Crippen molar-refractivity contribution in [1.82, 2.24) is 26.2 Å². The van der Waals surface area contributed by atoms with Crippen molar-refractivity contribution in [2.24, 2.45) is 17.8 Å². The summed E-state index contributed by atoms with van der Waals surface area (Å²) < 4.78 is 0. The summed E-state index contributed by atoms with van der Waals surface area (Å²) in [6.45, 7) is 13.6. The number of nitrogens with one attached hydrogen (secondary N) is 4. The van der Waals surface area contributed by atoms with E-state index >= 15 is 0 Å². The zero-order valence-corrected chi connectivity index (χ0v) is 27.1. The second-order valence-corrected chi connectivity index (χ2v) is 13.4. The number of allylic oxidation sites excluding steroid dienone is 1. The lowest BCUT2D eigenvalue weighted by atomic mass is 9.83. The molecule has 1 aliphatic heterocycles. The van der Waals surface area contributed by atoms with Gasteiger partial charge in [-0.15, -0.1) is 6.58 Å². The highest BCUT2D eigenvalue weighted by atomic mass is 16.4. The van der Waals surface area contributed by atoms with Gasteiger partial charge in [-0.05, 0) is 77.0 Å². The van der Waals surface area contributed by atoms with Gasteiger partial charge < -0.3 is 31.3 Å². The molecule has 5 N–H and O–H groups in total. The van der Waals surface area contributed by atoms with Crippen molar-refractivity contribution < 1.29 is 33.9 Å². The topological polar surface area (TPSA) is 174 Å². The molecule has 1 heterocycles. The van der Waals surface area contributed by atoms with Gasteiger partial charge in [0.15, 0.2) is 0 Å². The average molecular weight is 620 g/mol. The first kappa shape index (κ1) is 36.8. The maximum Gasteiger partial charge on any atom is 0.315 e. The van der Waals surface area contributed by atoms with Crippen LogP contribution in [0.25, 0.3) is 0 Å². The predicted molar refractivity (Wildman–Crippen MR) is 166 cm³/mol. The van der Waals surface area contributed by atoms with Gasteiger partial charge in [-0.3, -0.25) is 24.0 Å². The SMILES string of the molecule is C=CCCC(NC(=O)[C@@H]1[C@@H](C(C)C)CCN1C(=O)[C@@H](NC(=O)NC(C)(C)C)C1CCCCC1)C(=O)C(=O)NCCCC(=O)O. The maximum absolute atomic E-state index is 14.2. The first-order valence-corrected chi connectivity index (χ1v) is 16.0. The number of carboxylic acid groups (broad SMARTS) is 1. The second-order valence-electron chi connectivity index (χ2n) is 13.4. The number of hydrogen-bond donors (Lipinski definition) is 5. The maximum atomic E-state index is 14.2. The molecule has 5 amide bonds. The van der Waals surface area contributed by atoms with E-state index in [0.717, 1.165) is 32.1 Å². The van der Waals surface area contributed by atoms with Gasteiger partial charge in [-0.2, -0.15) is 0 Å². The van der Waals surface area contributed by atoms with Crippen molar-refractivity contribution in [3.05, 3.63) is 12.7 Å². The van der Waals surface area contributed by atoms with Gasteiger partial charge in [-0.25, -0.2) is 4.79 Å². The number of carbonyl (C=O) groups is 6. The molecule has 0 aromatic heterocycles. The molecule has 1 saturated heterocycles. The van der Waals surface area contributed by atoms with Gasteiger partial charge in [0.1, 0.15) is 12.1 Å². The Hall–Kier alpha value is -3.44. The van der Waals surface area contributed by atoms with Gasteiger partial charge in [-0.1, -0.05) is 39.2 Å².